The summed E-state index contributed by atoms with van der Waals surface area (Å²) in [6.07, 6.45) is 1.42. The standard InChI is InChI=1S/C16H11NO4/c18-12-8-11-13(10-6-7-21-14(10)12)16(20)17(15(11)19)9-4-2-1-3-5-9/h1-7,11,13H,8H2. The number of rotatable bonds is 1. The topological polar surface area (TPSA) is 67.6 Å². The van der Waals surface area contributed by atoms with E-state index in [1.54, 1.807) is 30.3 Å². The van der Waals surface area contributed by atoms with Gasteiger partial charge in [-0.3, -0.25) is 14.4 Å². The van der Waals surface area contributed by atoms with E-state index in [-0.39, 0.29) is 29.8 Å². The Kier molecular flexibility index (Phi) is 2.39. The normalized spacial score (nSPS) is 24.2. The first-order valence-electron chi connectivity index (χ1n) is 6.72. The SMILES string of the molecule is O=C1CC2C(=O)N(c3ccccc3)C(=O)C2c2ccoc21. The molecule has 0 bridgehead atoms. The first-order chi connectivity index (χ1) is 10.2. The number of amides is 2. The van der Waals surface area contributed by atoms with Crippen molar-refractivity contribution in [2.24, 2.45) is 5.92 Å². The third-order valence-corrected chi connectivity index (χ3v) is 4.13. The molecule has 0 spiro atoms. The van der Waals surface area contributed by atoms with Gasteiger partial charge in [0.1, 0.15) is 0 Å². The number of hydrogen-bond acceptors (Lipinski definition) is 4. The predicted octanol–water partition coefficient (Wildman–Crippen LogP) is 2.14. The molecule has 2 atom stereocenters. The number of hydrogen-bond donors (Lipinski definition) is 0. The molecule has 2 unspecified atom stereocenters. The fraction of sp³-hybridized carbons (Fsp3) is 0.188. The summed E-state index contributed by atoms with van der Waals surface area (Å²) in [5.41, 5.74) is 1.08. The fourth-order valence-electron chi connectivity index (χ4n) is 3.20. The molecule has 21 heavy (non-hydrogen) atoms. The molecule has 1 aliphatic heterocycles. The summed E-state index contributed by atoms with van der Waals surface area (Å²) in [5.74, 6) is -1.82. The van der Waals surface area contributed by atoms with E-state index in [1.807, 2.05) is 6.07 Å². The molecule has 2 amide bonds. The Labute approximate surface area is 120 Å². The van der Waals surface area contributed by atoms with Crippen molar-refractivity contribution in [1.29, 1.82) is 0 Å². The number of anilines is 1. The minimum absolute atomic E-state index is 0.0269. The molecule has 0 saturated carbocycles. The molecular weight excluding hydrogens is 270 g/mol. The number of furan rings is 1. The van der Waals surface area contributed by atoms with Crippen LogP contribution in [-0.2, 0) is 9.59 Å². The zero-order chi connectivity index (χ0) is 14.6. The lowest BCUT2D eigenvalue weighted by Crippen LogP contribution is -2.30. The van der Waals surface area contributed by atoms with Crippen LogP contribution >= 0.6 is 0 Å². The van der Waals surface area contributed by atoms with Gasteiger partial charge >= 0.3 is 0 Å². The van der Waals surface area contributed by atoms with Crippen LogP contribution in [0.4, 0.5) is 5.69 Å². The smallest absolute Gasteiger partial charge is 0.242 e. The van der Waals surface area contributed by atoms with Crippen LogP contribution in [0.1, 0.15) is 28.5 Å². The van der Waals surface area contributed by atoms with Gasteiger partial charge in [0.2, 0.25) is 11.8 Å². The van der Waals surface area contributed by atoms with Gasteiger partial charge in [-0.2, -0.15) is 0 Å². The van der Waals surface area contributed by atoms with Crippen LogP contribution in [-0.4, -0.2) is 17.6 Å². The van der Waals surface area contributed by atoms with E-state index in [0.717, 1.165) is 0 Å². The van der Waals surface area contributed by atoms with Crippen LogP contribution in [0.2, 0.25) is 0 Å². The number of benzene rings is 1. The Morgan fingerprint density at radius 3 is 2.52 bits per heavy atom. The lowest BCUT2D eigenvalue weighted by Gasteiger charge is -2.18. The summed E-state index contributed by atoms with van der Waals surface area (Å²) in [6.45, 7) is 0. The Hall–Kier alpha value is -2.69. The van der Waals surface area contributed by atoms with Gasteiger partial charge in [-0.15, -0.1) is 0 Å². The quantitative estimate of drug-likeness (QED) is 0.751. The molecule has 5 heteroatoms. The second kappa shape index (κ2) is 4.15. The van der Waals surface area contributed by atoms with Gasteiger partial charge in [-0.05, 0) is 18.2 Å². The van der Waals surface area contributed by atoms with Gasteiger partial charge in [-0.1, -0.05) is 18.2 Å². The van der Waals surface area contributed by atoms with Crippen molar-refractivity contribution in [1.82, 2.24) is 0 Å². The maximum absolute atomic E-state index is 12.7. The van der Waals surface area contributed by atoms with E-state index in [2.05, 4.69) is 0 Å². The highest BCUT2D eigenvalue weighted by molar-refractivity contribution is 6.26. The first kappa shape index (κ1) is 12.1. The minimum atomic E-state index is -0.615. The van der Waals surface area contributed by atoms with Crippen molar-refractivity contribution in [3.05, 3.63) is 54.0 Å². The highest BCUT2D eigenvalue weighted by Gasteiger charge is 2.53. The Balaban J connectivity index is 1.83. The zero-order valence-corrected chi connectivity index (χ0v) is 11.0. The molecule has 1 aromatic heterocycles. The fourth-order valence-corrected chi connectivity index (χ4v) is 3.20. The number of para-hydroxylation sites is 1. The largest absolute Gasteiger partial charge is 0.461 e. The highest BCUT2D eigenvalue weighted by Crippen LogP contribution is 2.44. The summed E-state index contributed by atoms with van der Waals surface area (Å²) in [6, 6.07) is 10.4. The number of imide groups is 1. The third-order valence-electron chi connectivity index (χ3n) is 4.13. The molecule has 5 nitrogen and oxygen atoms in total. The molecule has 2 aromatic rings. The van der Waals surface area contributed by atoms with Gasteiger partial charge in [0.05, 0.1) is 23.8 Å². The average Bonchev–Trinajstić information content (AvgIpc) is 3.05. The summed E-state index contributed by atoms with van der Waals surface area (Å²) in [5, 5.41) is 0. The van der Waals surface area contributed by atoms with Gasteiger partial charge in [-0.25, -0.2) is 4.90 Å². The molecule has 2 heterocycles. The Morgan fingerprint density at radius 2 is 1.76 bits per heavy atom. The minimum Gasteiger partial charge on any atom is -0.461 e. The van der Waals surface area contributed by atoms with Crippen molar-refractivity contribution in [3.63, 3.8) is 0 Å². The number of ketones is 1. The van der Waals surface area contributed by atoms with E-state index in [4.69, 9.17) is 4.42 Å². The number of carbonyl (C=O) groups is 3. The lowest BCUT2D eigenvalue weighted by molar-refractivity contribution is -0.122. The number of Topliss-reactive ketones (excluding diaryl/α,β-unsaturated/α-hetero) is 1. The van der Waals surface area contributed by atoms with Gasteiger partial charge in [0.25, 0.3) is 0 Å². The van der Waals surface area contributed by atoms with Crippen LogP contribution in [0.15, 0.2) is 47.1 Å². The summed E-state index contributed by atoms with van der Waals surface area (Å²) >= 11 is 0. The molecule has 104 valence electrons. The number of fused-ring (bicyclic) bond motifs is 3. The van der Waals surface area contributed by atoms with E-state index < -0.39 is 11.8 Å². The molecular formula is C16H11NO4. The van der Waals surface area contributed by atoms with Crippen LogP contribution in [0.5, 0.6) is 0 Å². The van der Waals surface area contributed by atoms with Crippen LogP contribution in [0.3, 0.4) is 0 Å². The summed E-state index contributed by atoms with van der Waals surface area (Å²) < 4.78 is 5.17. The Bertz CT molecular complexity index is 762. The maximum Gasteiger partial charge on any atom is 0.242 e. The Morgan fingerprint density at radius 1 is 1.00 bits per heavy atom. The van der Waals surface area contributed by atoms with E-state index >= 15 is 0 Å². The van der Waals surface area contributed by atoms with E-state index in [9.17, 15) is 14.4 Å². The van der Waals surface area contributed by atoms with Crippen molar-refractivity contribution >= 4 is 23.3 Å². The first-order valence-corrected chi connectivity index (χ1v) is 6.72. The van der Waals surface area contributed by atoms with Gasteiger partial charge in [0.15, 0.2) is 11.5 Å². The third kappa shape index (κ3) is 1.54. The van der Waals surface area contributed by atoms with E-state index in [0.29, 0.717) is 11.3 Å². The molecule has 1 aliphatic carbocycles. The van der Waals surface area contributed by atoms with Crippen LogP contribution < -0.4 is 4.90 Å². The summed E-state index contributed by atoms with van der Waals surface area (Å²) in [7, 11) is 0. The zero-order valence-electron chi connectivity index (χ0n) is 11.0. The van der Waals surface area contributed by atoms with Gasteiger partial charge < -0.3 is 4.42 Å². The highest BCUT2D eigenvalue weighted by atomic mass is 16.3. The van der Waals surface area contributed by atoms with E-state index in [1.165, 1.54) is 11.2 Å². The van der Waals surface area contributed by atoms with Crippen molar-refractivity contribution in [2.75, 3.05) is 4.90 Å². The van der Waals surface area contributed by atoms with Crippen molar-refractivity contribution in [2.45, 2.75) is 12.3 Å². The molecule has 1 saturated heterocycles. The second-order valence-electron chi connectivity index (χ2n) is 5.26. The molecule has 2 aliphatic rings. The van der Waals surface area contributed by atoms with Gasteiger partial charge in [0, 0.05) is 12.0 Å². The molecule has 1 aromatic carbocycles. The van der Waals surface area contributed by atoms with Crippen LogP contribution in [0.25, 0.3) is 0 Å². The molecule has 0 N–H and O–H groups in total. The maximum atomic E-state index is 12.7. The lowest BCUT2D eigenvalue weighted by atomic mass is 9.79. The van der Waals surface area contributed by atoms with Crippen molar-refractivity contribution < 1.29 is 18.8 Å². The monoisotopic (exact) mass is 281 g/mol. The summed E-state index contributed by atoms with van der Waals surface area (Å²) in [4.78, 5) is 38.4. The molecule has 4 rings (SSSR count). The average molecular weight is 281 g/mol. The molecule has 1 fully saturated rings. The van der Waals surface area contributed by atoms with Crippen molar-refractivity contribution in [3.8, 4) is 0 Å². The van der Waals surface area contributed by atoms with Crippen LogP contribution in [0, 0.1) is 5.92 Å². The number of carbonyl (C=O) groups excluding carboxylic acids is 3. The molecule has 0 radical (unpaired) electrons. The predicted molar refractivity (Wildman–Crippen MR) is 72.8 cm³/mol. The number of nitrogens with zero attached hydrogens (tertiary/aromatic N) is 1. The second-order valence-corrected chi connectivity index (χ2v) is 5.26.